The summed E-state index contributed by atoms with van der Waals surface area (Å²) in [5, 5.41) is 0. The SMILES string of the molecule is C=CC(=O)CCCCOCCOCCOCCCCC(=O)CC. The number of rotatable bonds is 18. The van der Waals surface area contributed by atoms with Crippen LogP contribution in [0.1, 0.15) is 51.9 Å². The number of ether oxygens (including phenoxy) is 3. The number of hydrogen-bond donors (Lipinski definition) is 0. The van der Waals surface area contributed by atoms with Gasteiger partial charge in [-0.2, -0.15) is 0 Å². The van der Waals surface area contributed by atoms with Crippen molar-refractivity contribution in [1.29, 1.82) is 0 Å². The van der Waals surface area contributed by atoms with Crippen molar-refractivity contribution in [3.05, 3.63) is 12.7 Å². The predicted molar refractivity (Wildman–Crippen MR) is 90.7 cm³/mol. The van der Waals surface area contributed by atoms with Gasteiger partial charge in [0.15, 0.2) is 5.78 Å². The van der Waals surface area contributed by atoms with Gasteiger partial charge in [0.1, 0.15) is 5.78 Å². The standard InChI is InChI=1S/C18H32O5/c1-3-17(19)9-5-7-11-21-13-15-23-16-14-22-12-8-6-10-18(20)4-2/h3H,1,4-16H2,2H3. The molecule has 23 heavy (non-hydrogen) atoms. The van der Waals surface area contributed by atoms with E-state index < -0.39 is 0 Å². The molecule has 0 saturated heterocycles. The van der Waals surface area contributed by atoms with Crippen molar-refractivity contribution in [2.24, 2.45) is 0 Å². The largest absolute Gasteiger partial charge is 0.379 e. The van der Waals surface area contributed by atoms with Crippen LogP contribution in [0.2, 0.25) is 0 Å². The molecule has 0 bridgehead atoms. The lowest BCUT2D eigenvalue weighted by Gasteiger charge is -2.06. The maximum Gasteiger partial charge on any atom is 0.155 e. The van der Waals surface area contributed by atoms with Gasteiger partial charge in [-0.15, -0.1) is 0 Å². The molecule has 0 aromatic heterocycles. The highest BCUT2D eigenvalue weighted by Gasteiger charge is 1.98. The molecule has 0 aliphatic carbocycles. The zero-order valence-electron chi connectivity index (χ0n) is 14.5. The van der Waals surface area contributed by atoms with E-state index in [4.69, 9.17) is 14.2 Å². The van der Waals surface area contributed by atoms with Crippen molar-refractivity contribution in [2.45, 2.75) is 51.9 Å². The van der Waals surface area contributed by atoms with E-state index in [9.17, 15) is 9.59 Å². The normalized spacial score (nSPS) is 10.7. The van der Waals surface area contributed by atoms with E-state index >= 15 is 0 Å². The molecule has 5 heteroatoms. The van der Waals surface area contributed by atoms with Crippen LogP contribution < -0.4 is 0 Å². The van der Waals surface area contributed by atoms with Crippen molar-refractivity contribution < 1.29 is 23.8 Å². The first-order valence-corrected chi connectivity index (χ1v) is 8.60. The number of hydrogen-bond acceptors (Lipinski definition) is 5. The molecule has 5 nitrogen and oxygen atoms in total. The fourth-order valence-corrected chi connectivity index (χ4v) is 1.85. The number of allylic oxidation sites excluding steroid dienone is 1. The van der Waals surface area contributed by atoms with Crippen LogP contribution in [0.5, 0.6) is 0 Å². The summed E-state index contributed by atoms with van der Waals surface area (Å²) in [7, 11) is 0. The van der Waals surface area contributed by atoms with Gasteiger partial charge in [-0.1, -0.05) is 13.5 Å². The van der Waals surface area contributed by atoms with Crippen LogP contribution in [0.25, 0.3) is 0 Å². The lowest BCUT2D eigenvalue weighted by Crippen LogP contribution is -2.10. The van der Waals surface area contributed by atoms with Gasteiger partial charge >= 0.3 is 0 Å². The minimum Gasteiger partial charge on any atom is -0.379 e. The lowest BCUT2D eigenvalue weighted by atomic mass is 10.1. The number of ketones is 2. The molecule has 0 unspecified atom stereocenters. The maximum absolute atomic E-state index is 11.1. The smallest absolute Gasteiger partial charge is 0.155 e. The zero-order chi connectivity index (χ0) is 17.2. The summed E-state index contributed by atoms with van der Waals surface area (Å²) in [5.41, 5.74) is 0. The molecular formula is C18H32O5. The average Bonchev–Trinajstić information content (AvgIpc) is 2.57. The van der Waals surface area contributed by atoms with Crippen molar-refractivity contribution in [3.8, 4) is 0 Å². The average molecular weight is 328 g/mol. The molecule has 0 fully saturated rings. The quantitative estimate of drug-likeness (QED) is 0.286. The van der Waals surface area contributed by atoms with Crippen LogP contribution in [0.3, 0.4) is 0 Å². The molecule has 0 atom stereocenters. The Morgan fingerprint density at radius 2 is 1.26 bits per heavy atom. The van der Waals surface area contributed by atoms with Crippen LogP contribution in [0, 0.1) is 0 Å². The molecule has 0 aliphatic heterocycles. The maximum atomic E-state index is 11.1. The van der Waals surface area contributed by atoms with Gasteiger partial charge in [0.25, 0.3) is 0 Å². The monoisotopic (exact) mass is 328 g/mol. The Morgan fingerprint density at radius 1 is 0.783 bits per heavy atom. The molecule has 0 amide bonds. The first-order chi connectivity index (χ1) is 11.2. The summed E-state index contributed by atoms with van der Waals surface area (Å²) >= 11 is 0. The minimum absolute atomic E-state index is 0.0882. The van der Waals surface area contributed by atoms with Crippen LogP contribution >= 0.6 is 0 Å². The summed E-state index contributed by atoms with van der Waals surface area (Å²) in [6.45, 7) is 8.92. The van der Waals surface area contributed by atoms with Gasteiger partial charge < -0.3 is 14.2 Å². The minimum atomic E-state index is 0.0882. The predicted octanol–water partition coefficient (Wildman–Crippen LogP) is 3.11. The van der Waals surface area contributed by atoms with Gasteiger partial charge in [-0.25, -0.2) is 0 Å². The summed E-state index contributed by atoms with van der Waals surface area (Å²) in [5.74, 6) is 0.408. The Kier molecular flexibility index (Phi) is 16.5. The van der Waals surface area contributed by atoms with E-state index in [0.29, 0.717) is 64.7 Å². The Labute approximate surface area is 140 Å². The molecule has 134 valence electrons. The van der Waals surface area contributed by atoms with Crippen LogP contribution in [-0.2, 0) is 23.8 Å². The Bertz CT molecular complexity index is 315. The third-order valence-electron chi connectivity index (χ3n) is 3.32. The van der Waals surface area contributed by atoms with Gasteiger partial charge in [-0.05, 0) is 31.8 Å². The van der Waals surface area contributed by atoms with E-state index in [1.807, 2.05) is 6.92 Å². The van der Waals surface area contributed by atoms with E-state index in [1.54, 1.807) is 0 Å². The first-order valence-electron chi connectivity index (χ1n) is 8.60. The van der Waals surface area contributed by atoms with Crippen molar-refractivity contribution in [1.82, 2.24) is 0 Å². The molecule has 0 aromatic carbocycles. The number of carbonyl (C=O) groups is 2. The third-order valence-corrected chi connectivity index (χ3v) is 3.32. The molecule has 0 saturated carbocycles. The van der Waals surface area contributed by atoms with E-state index in [-0.39, 0.29) is 5.78 Å². The summed E-state index contributed by atoms with van der Waals surface area (Å²) < 4.78 is 16.2. The highest BCUT2D eigenvalue weighted by Crippen LogP contribution is 1.99. The Morgan fingerprint density at radius 3 is 1.74 bits per heavy atom. The molecule has 0 heterocycles. The van der Waals surface area contributed by atoms with Crippen LogP contribution in [0.15, 0.2) is 12.7 Å². The molecule has 0 radical (unpaired) electrons. The highest BCUT2D eigenvalue weighted by atomic mass is 16.5. The Balaban J connectivity index is 3.06. The third kappa shape index (κ3) is 17.2. The van der Waals surface area contributed by atoms with Gasteiger partial charge in [0.2, 0.25) is 0 Å². The highest BCUT2D eigenvalue weighted by molar-refractivity contribution is 5.88. The fourth-order valence-electron chi connectivity index (χ4n) is 1.85. The molecule has 0 aromatic rings. The van der Waals surface area contributed by atoms with E-state index in [2.05, 4.69) is 6.58 Å². The second kappa shape index (κ2) is 17.3. The lowest BCUT2D eigenvalue weighted by molar-refractivity contribution is -0.119. The van der Waals surface area contributed by atoms with Gasteiger partial charge in [0.05, 0.1) is 26.4 Å². The van der Waals surface area contributed by atoms with Gasteiger partial charge in [0, 0.05) is 32.5 Å². The van der Waals surface area contributed by atoms with E-state index in [1.165, 1.54) is 6.08 Å². The molecule has 0 aliphatic rings. The summed E-state index contributed by atoms with van der Waals surface area (Å²) in [6.07, 6.45) is 6.74. The van der Waals surface area contributed by atoms with E-state index in [0.717, 1.165) is 25.7 Å². The Hall–Kier alpha value is -1.04. The molecule has 0 spiro atoms. The summed E-state index contributed by atoms with van der Waals surface area (Å²) in [6, 6.07) is 0. The van der Waals surface area contributed by atoms with Crippen molar-refractivity contribution in [3.63, 3.8) is 0 Å². The second-order valence-electron chi connectivity index (χ2n) is 5.31. The summed E-state index contributed by atoms with van der Waals surface area (Å²) in [4.78, 5) is 22.1. The van der Waals surface area contributed by atoms with Gasteiger partial charge in [-0.3, -0.25) is 9.59 Å². The van der Waals surface area contributed by atoms with Crippen LogP contribution in [0.4, 0.5) is 0 Å². The number of carbonyl (C=O) groups excluding carboxylic acids is 2. The number of Topliss-reactive ketones (excluding diaryl/α,β-unsaturated/α-hetero) is 1. The molecule has 0 N–H and O–H groups in total. The number of unbranched alkanes of at least 4 members (excludes halogenated alkanes) is 2. The fraction of sp³-hybridized carbons (Fsp3) is 0.778. The topological polar surface area (TPSA) is 61.8 Å². The van der Waals surface area contributed by atoms with Crippen molar-refractivity contribution in [2.75, 3.05) is 39.6 Å². The molecule has 0 rings (SSSR count). The van der Waals surface area contributed by atoms with Crippen molar-refractivity contribution >= 4 is 11.6 Å². The molecular weight excluding hydrogens is 296 g/mol. The first kappa shape index (κ1) is 22.0. The van der Waals surface area contributed by atoms with Crippen LogP contribution in [-0.4, -0.2) is 51.2 Å². The second-order valence-corrected chi connectivity index (χ2v) is 5.31. The zero-order valence-corrected chi connectivity index (χ0v) is 14.5.